The molecule has 2 heterocycles. The molecule has 0 aliphatic carbocycles. The molecular weight excluding hydrogens is 168 g/mol. The number of aliphatic hydroxyl groups is 1. The lowest BCUT2D eigenvalue weighted by molar-refractivity contribution is 0.193. The molecule has 0 aliphatic heterocycles. The zero-order valence-corrected chi connectivity index (χ0v) is 7.23. The van der Waals surface area contributed by atoms with Gasteiger partial charge < -0.3 is 10.1 Å². The Balaban J connectivity index is 2.37. The van der Waals surface area contributed by atoms with E-state index in [1.165, 1.54) is 0 Å². The van der Waals surface area contributed by atoms with Crippen molar-refractivity contribution >= 4 is 11.2 Å². The number of aromatic nitrogens is 4. The van der Waals surface area contributed by atoms with E-state index in [0.29, 0.717) is 17.9 Å². The van der Waals surface area contributed by atoms with Gasteiger partial charge in [-0.3, -0.25) is 0 Å². The van der Waals surface area contributed by atoms with Crippen LogP contribution in [0.3, 0.4) is 0 Å². The van der Waals surface area contributed by atoms with Crippen LogP contribution in [0.1, 0.15) is 12.7 Å². The first-order valence-corrected chi connectivity index (χ1v) is 4.09. The molecule has 0 amide bonds. The fourth-order valence-electron chi connectivity index (χ4n) is 1.13. The van der Waals surface area contributed by atoms with E-state index in [-0.39, 0.29) is 0 Å². The van der Waals surface area contributed by atoms with Crippen molar-refractivity contribution in [3.8, 4) is 0 Å². The molecule has 13 heavy (non-hydrogen) atoms. The molecule has 0 saturated carbocycles. The Morgan fingerprint density at radius 1 is 1.54 bits per heavy atom. The van der Waals surface area contributed by atoms with Crippen LogP contribution in [0.4, 0.5) is 0 Å². The Kier molecular flexibility index (Phi) is 1.94. The summed E-state index contributed by atoms with van der Waals surface area (Å²) in [5, 5.41) is 9.12. The standard InChI is InChI=1S/C8H10N4O/c1-5(13)2-7-9-3-6-8(12-7)11-4-10-6/h3-5,13H,2H2,1H3,(H,9,10,11,12). The number of fused-ring (bicyclic) bond motifs is 1. The van der Waals surface area contributed by atoms with Gasteiger partial charge in [-0.05, 0) is 6.92 Å². The van der Waals surface area contributed by atoms with Gasteiger partial charge in [0.1, 0.15) is 11.3 Å². The summed E-state index contributed by atoms with van der Waals surface area (Å²) in [5.41, 5.74) is 1.46. The number of nitrogens with one attached hydrogen (secondary N) is 1. The van der Waals surface area contributed by atoms with Gasteiger partial charge in [0.25, 0.3) is 0 Å². The monoisotopic (exact) mass is 178 g/mol. The highest BCUT2D eigenvalue weighted by Gasteiger charge is 2.04. The van der Waals surface area contributed by atoms with Crippen LogP contribution in [0.15, 0.2) is 12.5 Å². The Bertz CT molecular complexity index is 409. The lowest BCUT2D eigenvalue weighted by atomic mass is 10.3. The van der Waals surface area contributed by atoms with Crippen molar-refractivity contribution in [3.63, 3.8) is 0 Å². The summed E-state index contributed by atoms with van der Waals surface area (Å²) in [5.74, 6) is 0.620. The normalized spacial score (nSPS) is 13.4. The minimum absolute atomic E-state index is 0.420. The van der Waals surface area contributed by atoms with Crippen LogP contribution in [0.2, 0.25) is 0 Å². The van der Waals surface area contributed by atoms with Crippen LogP contribution in [0.25, 0.3) is 11.2 Å². The van der Waals surface area contributed by atoms with E-state index in [0.717, 1.165) is 5.52 Å². The molecule has 5 heteroatoms. The van der Waals surface area contributed by atoms with Gasteiger partial charge in [-0.2, -0.15) is 0 Å². The molecule has 5 nitrogen and oxygen atoms in total. The van der Waals surface area contributed by atoms with Crippen LogP contribution in [0.5, 0.6) is 0 Å². The molecule has 0 spiro atoms. The number of hydrogen-bond acceptors (Lipinski definition) is 4. The fourth-order valence-corrected chi connectivity index (χ4v) is 1.13. The van der Waals surface area contributed by atoms with Crippen molar-refractivity contribution in [2.75, 3.05) is 0 Å². The van der Waals surface area contributed by atoms with Crippen LogP contribution in [-0.2, 0) is 6.42 Å². The Labute approximate surface area is 74.9 Å². The van der Waals surface area contributed by atoms with Crippen LogP contribution >= 0.6 is 0 Å². The average Bonchev–Trinajstić information content (AvgIpc) is 2.49. The molecule has 0 aliphatic rings. The molecule has 68 valence electrons. The molecule has 2 rings (SSSR count). The lowest BCUT2D eigenvalue weighted by Crippen LogP contribution is -2.07. The molecule has 2 aromatic heterocycles. The highest BCUT2D eigenvalue weighted by atomic mass is 16.3. The van der Waals surface area contributed by atoms with Gasteiger partial charge in [0, 0.05) is 6.42 Å². The van der Waals surface area contributed by atoms with Crippen molar-refractivity contribution in [3.05, 3.63) is 18.3 Å². The van der Waals surface area contributed by atoms with E-state index in [9.17, 15) is 0 Å². The van der Waals surface area contributed by atoms with Gasteiger partial charge in [0.2, 0.25) is 0 Å². The Morgan fingerprint density at radius 3 is 3.15 bits per heavy atom. The highest BCUT2D eigenvalue weighted by Crippen LogP contribution is 2.05. The minimum atomic E-state index is -0.420. The maximum absolute atomic E-state index is 9.12. The van der Waals surface area contributed by atoms with Crippen molar-refractivity contribution in [1.29, 1.82) is 0 Å². The molecule has 1 unspecified atom stereocenters. The topological polar surface area (TPSA) is 74.7 Å². The summed E-state index contributed by atoms with van der Waals surface area (Å²) < 4.78 is 0. The second kappa shape index (κ2) is 3.10. The maximum Gasteiger partial charge on any atom is 0.180 e. The SMILES string of the molecule is CC(O)Cc1ncc2[nH]cnc2n1. The highest BCUT2D eigenvalue weighted by molar-refractivity contribution is 5.67. The van der Waals surface area contributed by atoms with E-state index >= 15 is 0 Å². The van der Waals surface area contributed by atoms with Crippen LogP contribution < -0.4 is 0 Å². The van der Waals surface area contributed by atoms with E-state index in [1.807, 2.05) is 0 Å². The molecular formula is C8H10N4O. The maximum atomic E-state index is 9.12. The van der Waals surface area contributed by atoms with Gasteiger partial charge in [0.15, 0.2) is 5.65 Å². The van der Waals surface area contributed by atoms with E-state index in [2.05, 4.69) is 19.9 Å². The molecule has 0 bridgehead atoms. The first kappa shape index (κ1) is 8.12. The van der Waals surface area contributed by atoms with Crippen LogP contribution in [-0.4, -0.2) is 31.1 Å². The van der Waals surface area contributed by atoms with E-state index in [1.54, 1.807) is 19.4 Å². The fraction of sp³-hybridized carbons (Fsp3) is 0.375. The van der Waals surface area contributed by atoms with Gasteiger partial charge in [-0.15, -0.1) is 0 Å². The molecule has 0 saturated heterocycles. The number of H-pyrrole nitrogens is 1. The third kappa shape index (κ3) is 1.65. The van der Waals surface area contributed by atoms with Gasteiger partial charge in [-0.1, -0.05) is 0 Å². The third-order valence-corrected chi connectivity index (χ3v) is 1.70. The summed E-state index contributed by atoms with van der Waals surface area (Å²) in [6.45, 7) is 1.71. The van der Waals surface area contributed by atoms with E-state index < -0.39 is 6.10 Å². The predicted octanol–water partition coefficient (Wildman–Crippen LogP) is 0.276. The van der Waals surface area contributed by atoms with Crippen molar-refractivity contribution in [1.82, 2.24) is 19.9 Å². The van der Waals surface area contributed by atoms with Crippen LogP contribution in [0, 0.1) is 0 Å². The number of imidazole rings is 1. The van der Waals surface area contributed by atoms with E-state index in [4.69, 9.17) is 5.11 Å². The Morgan fingerprint density at radius 2 is 2.38 bits per heavy atom. The number of aliphatic hydroxyl groups excluding tert-OH is 1. The number of nitrogens with zero attached hydrogens (tertiary/aromatic N) is 3. The summed E-state index contributed by atoms with van der Waals surface area (Å²) >= 11 is 0. The third-order valence-electron chi connectivity index (χ3n) is 1.70. The predicted molar refractivity (Wildman–Crippen MR) is 47.1 cm³/mol. The zero-order valence-electron chi connectivity index (χ0n) is 7.23. The average molecular weight is 178 g/mol. The van der Waals surface area contributed by atoms with Crippen molar-refractivity contribution in [2.45, 2.75) is 19.4 Å². The summed E-state index contributed by atoms with van der Waals surface area (Å²) in [7, 11) is 0. The number of aromatic amines is 1. The minimum Gasteiger partial charge on any atom is -0.393 e. The summed E-state index contributed by atoms with van der Waals surface area (Å²) in [6, 6.07) is 0. The van der Waals surface area contributed by atoms with Gasteiger partial charge in [-0.25, -0.2) is 15.0 Å². The first-order chi connectivity index (χ1) is 6.25. The number of rotatable bonds is 2. The van der Waals surface area contributed by atoms with Gasteiger partial charge in [0.05, 0.1) is 18.6 Å². The zero-order chi connectivity index (χ0) is 9.26. The molecule has 0 aromatic carbocycles. The molecule has 2 N–H and O–H groups in total. The molecule has 1 atom stereocenters. The molecule has 0 radical (unpaired) electrons. The first-order valence-electron chi connectivity index (χ1n) is 4.09. The number of hydrogen-bond donors (Lipinski definition) is 2. The second-order valence-corrected chi connectivity index (χ2v) is 2.98. The van der Waals surface area contributed by atoms with Crippen molar-refractivity contribution in [2.24, 2.45) is 0 Å². The Hall–Kier alpha value is -1.49. The smallest absolute Gasteiger partial charge is 0.180 e. The summed E-state index contributed by atoms with van der Waals surface area (Å²) in [6.07, 6.45) is 3.29. The quantitative estimate of drug-likeness (QED) is 0.692. The molecule has 0 fully saturated rings. The van der Waals surface area contributed by atoms with Gasteiger partial charge >= 0.3 is 0 Å². The summed E-state index contributed by atoms with van der Waals surface area (Å²) in [4.78, 5) is 15.1. The molecule has 2 aromatic rings. The van der Waals surface area contributed by atoms with Crippen molar-refractivity contribution < 1.29 is 5.11 Å². The second-order valence-electron chi connectivity index (χ2n) is 2.98. The largest absolute Gasteiger partial charge is 0.393 e. The lowest BCUT2D eigenvalue weighted by Gasteiger charge is -2.00.